The molecule has 0 amide bonds. The summed E-state index contributed by atoms with van der Waals surface area (Å²) in [6.45, 7) is 10.0. The number of nitrogens with one attached hydrogen (secondary N) is 4. The van der Waals surface area contributed by atoms with Gasteiger partial charge in [-0.15, -0.1) is 0 Å². The van der Waals surface area contributed by atoms with Crippen molar-refractivity contribution in [1.82, 2.24) is 10.6 Å². The van der Waals surface area contributed by atoms with Gasteiger partial charge in [0.1, 0.15) is 0 Å². The minimum atomic E-state index is -0.0810. The van der Waals surface area contributed by atoms with Crippen LogP contribution in [0.3, 0.4) is 0 Å². The van der Waals surface area contributed by atoms with Crippen molar-refractivity contribution in [2.45, 2.75) is 39.7 Å². The second-order valence-corrected chi connectivity index (χ2v) is 9.20. The van der Waals surface area contributed by atoms with E-state index in [9.17, 15) is 5.11 Å². The van der Waals surface area contributed by atoms with Crippen molar-refractivity contribution in [3.05, 3.63) is 71.3 Å². The van der Waals surface area contributed by atoms with E-state index in [0.29, 0.717) is 18.8 Å². The Kier molecular flexibility index (Phi) is 15.4. The number of aliphatic imine (C=N–C) groups is 2. The lowest BCUT2D eigenvalue weighted by Crippen LogP contribution is -2.27. The zero-order chi connectivity index (χ0) is 27.4. The van der Waals surface area contributed by atoms with Crippen LogP contribution in [-0.2, 0) is 0 Å². The van der Waals surface area contributed by atoms with E-state index in [1.165, 1.54) is 5.57 Å². The molecule has 1 unspecified atom stereocenters. The van der Waals surface area contributed by atoms with Crippen LogP contribution >= 0.6 is 0 Å². The molecule has 7 heteroatoms. The summed E-state index contributed by atoms with van der Waals surface area (Å²) < 4.78 is 0. The molecule has 7 nitrogen and oxygen atoms in total. The lowest BCUT2D eigenvalue weighted by molar-refractivity contribution is 0.356. The van der Waals surface area contributed by atoms with Gasteiger partial charge in [-0.1, -0.05) is 67.1 Å². The Morgan fingerprint density at radius 1 is 1.00 bits per heavy atom. The van der Waals surface area contributed by atoms with Gasteiger partial charge in [-0.05, 0) is 63.5 Å². The molecule has 2 rings (SSSR count). The number of anilines is 2. The number of aliphatic hydroxyl groups excluding tert-OH is 1. The Balaban J connectivity index is 2.13. The van der Waals surface area contributed by atoms with Gasteiger partial charge >= 0.3 is 0 Å². The number of rotatable bonds is 18. The lowest BCUT2D eigenvalue weighted by Gasteiger charge is -2.15. The molecule has 0 aliphatic carbocycles. The van der Waals surface area contributed by atoms with E-state index in [-0.39, 0.29) is 12.6 Å². The van der Waals surface area contributed by atoms with E-state index in [4.69, 9.17) is 4.99 Å². The molecule has 0 spiro atoms. The van der Waals surface area contributed by atoms with Crippen molar-refractivity contribution in [2.24, 2.45) is 9.98 Å². The molecule has 38 heavy (non-hydrogen) atoms. The molecule has 0 heterocycles. The second-order valence-electron chi connectivity index (χ2n) is 9.20. The minimum absolute atomic E-state index is 0.0810. The Morgan fingerprint density at radius 3 is 2.50 bits per heavy atom. The summed E-state index contributed by atoms with van der Waals surface area (Å²) >= 11 is 0. The summed E-state index contributed by atoms with van der Waals surface area (Å²) in [6, 6.07) is 16.8. The number of benzene rings is 2. The standard InChI is InChI=1S/C31H46N6O/c1-5-25(3)21-34-29(23-38)22-35-31-20-27(13-12-26-10-8-7-9-11-26)14-15-30(31)37-24-36-28(6-2)16-17-33-19-18-32-4/h5,7-15,20,24,28,32-33,35,38H,6,16-19,21-23H2,1-4H3,(H,36,37)/b13-12+,25-5-,34-29?. The molecule has 206 valence electrons. The minimum Gasteiger partial charge on any atom is -0.390 e. The van der Waals surface area contributed by atoms with Gasteiger partial charge in [0.2, 0.25) is 0 Å². The van der Waals surface area contributed by atoms with Crippen molar-refractivity contribution in [2.75, 3.05) is 57.0 Å². The van der Waals surface area contributed by atoms with E-state index in [1.54, 1.807) is 6.34 Å². The highest BCUT2D eigenvalue weighted by molar-refractivity contribution is 5.92. The highest BCUT2D eigenvalue weighted by atomic mass is 16.3. The molecule has 2 aromatic rings. The van der Waals surface area contributed by atoms with E-state index < -0.39 is 0 Å². The van der Waals surface area contributed by atoms with Gasteiger partial charge in [-0.25, -0.2) is 0 Å². The Bertz CT molecular complexity index is 1050. The van der Waals surface area contributed by atoms with Crippen LogP contribution in [0.15, 0.2) is 70.2 Å². The third kappa shape index (κ3) is 12.3. The summed E-state index contributed by atoms with van der Waals surface area (Å²) in [7, 11) is 1.96. The van der Waals surface area contributed by atoms with Crippen LogP contribution in [0.25, 0.3) is 12.2 Å². The first-order chi connectivity index (χ1) is 18.6. The molecule has 0 radical (unpaired) electrons. The van der Waals surface area contributed by atoms with Crippen molar-refractivity contribution >= 4 is 35.6 Å². The molecule has 0 saturated carbocycles. The first-order valence-corrected chi connectivity index (χ1v) is 13.6. The first kappa shape index (κ1) is 31.0. The fourth-order valence-corrected chi connectivity index (χ4v) is 3.58. The molecule has 1 atom stereocenters. The molecule has 0 saturated heterocycles. The van der Waals surface area contributed by atoms with Crippen LogP contribution in [-0.4, -0.2) is 69.6 Å². The quantitative estimate of drug-likeness (QED) is 0.0624. The average Bonchev–Trinajstić information content (AvgIpc) is 2.96. The smallest absolute Gasteiger partial charge is 0.0871 e. The maximum absolute atomic E-state index is 9.83. The fourth-order valence-electron chi connectivity index (χ4n) is 3.58. The van der Waals surface area contributed by atoms with Crippen molar-refractivity contribution in [1.29, 1.82) is 0 Å². The van der Waals surface area contributed by atoms with Gasteiger partial charge in [0.15, 0.2) is 0 Å². The van der Waals surface area contributed by atoms with E-state index in [2.05, 4.69) is 75.7 Å². The highest BCUT2D eigenvalue weighted by Crippen LogP contribution is 2.24. The normalized spacial score (nSPS) is 13.4. The second kappa shape index (κ2) is 18.9. The molecule has 0 bridgehead atoms. The molecule has 0 aliphatic rings. The Hall–Kier alpha value is -3.26. The number of likely N-dealkylation sites (N-methyl/N-ethyl adjacent to an activating group) is 1. The van der Waals surface area contributed by atoms with Gasteiger partial charge in [0.25, 0.3) is 0 Å². The number of hydrogen-bond acceptors (Lipinski definition) is 6. The molecule has 2 aromatic carbocycles. The zero-order valence-electron chi connectivity index (χ0n) is 23.5. The van der Waals surface area contributed by atoms with E-state index in [0.717, 1.165) is 55.0 Å². The molecule has 0 aliphatic heterocycles. The lowest BCUT2D eigenvalue weighted by atomic mass is 10.1. The first-order valence-electron chi connectivity index (χ1n) is 13.6. The number of allylic oxidation sites excluding steroid dienone is 1. The van der Waals surface area contributed by atoms with Crippen LogP contribution in [0.1, 0.15) is 44.7 Å². The average molecular weight is 519 g/mol. The van der Waals surface area contributed by atoms with Crippen molar-refractivity contribution < 1.29 is 5.11 Å². The van der Waals surface area contributed by atoms with Crippen LogP contribution in [0, 0.1) is 0 Å². The maximum atomic E-state index is 9.83. The summed E-state index contributed by atoms with van der Waals surface area (Å²) in [6.07, 6.45) is 10.0. The third-order valence-corrected chi connectivity index (χ3v) is 6.20. The molecule has 0 aromatic heterocycles. The zero-order valence-corrected chi connectivity index (χ0v) is 23.5. The SMILES string of the molecule is C/C=C(/C)CN=C(CO)CNc1cc(/C=C/c2ccccc2)ccc1NC=NC(CC)CCNCCNC. The fraction of sp³-hybridized carbons (Fsp3) is 0.419. The van der Waals surface area contributed by atoms with Crippen LogP contribution in [0.5, 0.6) is 0 Å². The van der Waals surface area contributed by atoms with Crippen LogP contribution in [0.4, 0.5) is 11.4 Å². The predicted molar refractivity (Wildman–Crippen MR) is 167 cm³/mol. The molecular formula is C31H46N6O. The predicted octanol–water partition coefficient (Wildman–Crippen LogP) is 5.09. The number of nitrogens with zero attached hydrogens (tertiary/aromatic N) is 2. The largest absolute Gasteiger partial charge is 0.390 e. The summed E-state index contributed by atoms with van der Waals surface area (Å²) in [4.78, 5) is 9.33. The van der Waals surface area contributed by atoms with Crippen LogP contribution in [0.2, 0.25) is 0 Å². The summed E-state index contributed by atoms with van der Waals surface area (Å²) in [5.41, 5.74) is 5.96. The van der Waals surface area contributed by atoms with E-state index >= 15 is 0 Å². The van der Waals surface area contributed by atoms with Gasteiger partial charge < -0.3 is 26.4 Å². The van der Waals surface area contributed by atoms with Gasteiger partial charge in [-0.3, -0.25) is 9.98 Å². The van der Waals surface area contributed by atoms with Crippen LogP contribution < -0.4 is 21.3 Å². The van der Waals surface area contributed by atoms with Gasteiger partial charge in [-0.2, -0.15) is 0 Å². The Morgan fingerprint density at radius 2 is 1.79 bits per heavy atom. The molecule has 0 fully saturated rings. The van der Waals surface area contributed by atoms with Gasteiger partial charge in [0.05, 0.1) is 49.2 Å². The van der Waals surface area contributed by atoms with Crippen molar-refractivity contribution in [3.63, 3.8) is 0 Å². The Labute approximate surface area is 229 Å². The third-order valence-electron chi connectivity index (χ3n) is 6.20. The summed E-state index contributed by atoms with van der Waals surface area (Å²) in [5, 5.41) is 23.3. The number of aliphatic hydroxyl groups is 1. The highest BCUT2D eigenvalue weighted by Gasteiger charge is 2.06. The monoisotopic (exact) mass is 518 g/mol. The van der Waals surface area contributed by atoms with Gasteiger partial charge in [0, 0.05) is 13.1 Å². The number of hydrogen-bond donors (Lipinski definition) is 5. The molecular weight excluding hydrogens is 472 g/mol. The topological polar surface area (TPSA) is 93.1 Å². The maximum Gasteiger partial charge on any atom is 0.0871 e. The summed E-state index contributed by atoms with van der Waals surface area (Å²) in [5.74, 6) is 0. The molecule has 5 N–H and O–H groups in total. The van der Waals surface area contributed by atoms with Crippen molar-refractivity contribution in [3.8, 4) is 0 Å². The van der Waals surface area contributed by atoms with E-state index in [1.807, 2.05) is 45.2 Å².